The summed E-state index contributed by atoms with van der Waals surface area (Å²) in [6.45, 7) is 7.74. The van der Waals surface area contributed by atoms with Crippen LogP contribution in [0.5, 0.6) is 0 Å². The van der Waals surface area contributed by atoms with Crippen molar-refractivity contribution in [2.24, 2.45) is 0 Å². The zero-order valence-corrected chi connectivity index (χ0v) is 14.2. The molecule has 0 aliphatic heterocycles. The van der Waals surface area contributed by atoms with Crippen molar-refractivity contribution in [1.29, 1.82) is 0 Å². The number of benzene rings is 2. The van der Waals surface area contributed by atoms with Crippen molar-refractivity contribution >= 4 is 22.6 Å². The Morgan fingerprint density at radius 2 is 1.62 bits per heavy atom. The van der Waals surface area contributed by atoms with Crippen LogP contribution in [0.4, 0.5) is 5.69 Å². The molecule has 0 spiro atoms. The van der Waals surface area contributed by atoms with Crippen molar-refractivity contribution in [3.05, 3.63) is 74.6 Å². The maximum atomic E-state index is 12.6. The topological polar surface area (TPSA) is 59.3 Å². The first-order valence-corrected chi connectivity index (χ1v) is 7.79. The lowest BCUT2D eigenvalue weighted by atomic mass is 10.0. The van der Waals surface area contributed by atoms with E-state index in [0.29, 0.717) is 5.58 Å². The van der Waals surface area contributed by atoms with Crippen LogP contribution < -0.4 is 10.9 Å². The minimum absolute atomic E-state index is 0.00692. The van der Waals surface area contributed by atoms with E-state index in [1.807, 2.05) is 58.0 Å². The molecule has 0 aliphatic carbocycles. The second-order valence-corrected chi connectivity index (χ2v) is 6.17. The minimum atomic E-state index is -0.628. The number of nitrogens with one attached hydrogen (secondary N) is 1. The van der Waals surface area contributed by atoms with Crippen molar-refractivity contribution in [3.8, 4) is 0 Å². The fraction of sp³-hybridized carbons (Fsp3) is 0.200. The number of carbonyl (C=O) groups excluding carboxylic acids is 1. The van der Waals surface area contributed by atoms with Gasteiger partial charge in [-0.3, -0.25) is 4.79 Å². The standard InChI is InChI=1S/C20H19NO3/c1-11-8-13(3)17(14(4)9-11)21-19(22)16-10-15-7-5-6-12(2)18(15)24-20(16)23/h5-10H,1-4H3,(H,21,22). The zero-order valence-electron chi connectivity index (χ0n) is 14.2. The van der Waals surface area contributed by atoms with Crippen molar-refractivity contribution in [1.82, 2.24) is 0 Å². The van der Waals surface area contributed by atoms with E-state index >= 15 is 0 Å². The number of anilines is 1. The highest BCUT2D eigenvalue weighted by Crippen LogP contribution is 2.23. The summed E-state index contributed by atoms with van der Waals surface area (Å²) in [7, 11) is 0. The number of hydrogen-bond acceptors (Lipinski definition) is 3. The summed E-state index contributed by atoms with van der Waals surface area (Å²) in [5.41, 5.74) is 4.54. The van der Waals surface area contributed by atoms with Crippen molar-refractivity contribution in [2.45, 2.75) is 27.7 Å². The molecule has 0 saturated heterocycles. The lowest BCUT2D eigenvalue weighted by Crippen LogP contribution is -2.21. The van der Waals surface area contributed by atoms with Crippen LogP contribution in [0.1, 0.15) is 32.6 Å². The Labute approximate surface area is 140 Å². The third kappa shape index (κ3) is 2.83. The van der Waals surface area contributed by atoms with Gasteiger partial charge in [0.25, 0.3) is 5.91 Å². The molecule has 0 fully saturated rings. The molecule has 4 nitrogen and oxygen atoms in total. The van der Waals surface area contributed by atoms with E-state index < -0.39 is 11.5 Å². The van der Waals surface area contributed by atoms with E-state index in [-0.39, 0.29) is 5.56 Å². The van der Waals surface area contributed by atoms with Crippen LogP contribution in [0, 0.1) is 27.7 Å². The second-order valence-electron chi connectivity index (χ2n) is 6.17. The third-order valence-corrected chi connectivity index (χ3v) is 4.12. The fourth-order valence-corrected chi connectivity index (χ4v) is 3.01. The number of carbonyl (C=O) groups is 1. The van der Waals surface area contributed by atoms with Gasteiger partial charge in [0.2, 0.25) is 0 Å². The molecule has 1 amide bonds. The highest BCUT2D eigenvalue weighted by atomic mass is 16.4. The fourth-order valence-electron chi connectivity index (χ4n) is 3.01. The van der Waals surface area contributed by atoms with Crippen LogP contribution in [-0.4, -0.2) is 5.91 Å². The van der Waals surface area contributed by atoms with Gasteiger partial charge in [-0.25, -0.2) is 4.79 Å². The summed E-state index contributed by atoms with van der Waals surface area (Å²) in [6, 6.07) is 11.1. The van der Waals surface area contributed by atoms with Gasteiger partial charge >= 0.3 is 5.63 Å². The van der Waals surface area contributed by atoms with E-state index in [1.165, 1.54) is 0 Å². The first kappa shape index (κ1) is 16.0. The Kier molecular flexibility index (Phi) is 3.97. The molecule has 2 aromatic carbocycles. The molecule has 1 heterocycles. The predicted octanol–water partition coefficient (Wildman–Crippen LogP) is 4.28. The van der Waals surface area contributed by atoms with Gasteiger partial charge in [-0.05, 0) is 50.5 Å². The Hall–Kier alpha value is -2.88. The average molecular weight is 321 g/mol. The van der Waals surface area contributed by atoms with Crippen LogP contribution >= 0.6 is 0 Å². The Bertz CT molecular complexity index is 992. The van der Waals surface area contributed by atoms with Gasteiger partial charge in [-0.2, -0.15) is 0 Å². The summed E-state index contributed by atoms with van der Waals surface area (Å²) in [5, 5.41) is 3.58. The Morgan fingerprint density at radius 1 is 0.958 bits per heavy atom. The van der Waals surface area contributed by atoms with Gasteiger partial charge in [-0.15, -0.1) is 0 Å². The van der Waals surface area contributed by atoms with Crippen molar-refractivity contribution in [3.63, 3.8) is 0 Å². The maximum absolute atomic E-state index is 12.6. The van der Waals surface area contributed by atoms with E-state index in [1.54, 1.807) is 6.07 Å². The minimum Gasteiger partial charge on any atom is -0.422 e. The molecule has 0 bridgehead atoms. The van der Waals surface area contributed by atoms with Crippen LogP contribution in [0.3, 0.4) is 0 Å². The van der Waals surface area contributed by atoms with Gasteiger partial charge in [0, 0.05) is 11.1 Å². The number of fused-ring (bicyclic) bond motifs is 1. The molecule has 1 N–H and O–H groups in total. The molecule has 3 rings (SSSR count). The van der Waals surface area contributed by atoms with E-state index in [4.69, 9.17) is 4.42 Å². The lowest BCUT2D eigenvalue weighted by Gasteiger charge is -2.12. The number of para-hydroxylation sites is 1. The first-order chi connectivity index (χ1) is 11.4. The van der Waals surface area contributed by atoms with Crippen LogP contribution in [0.15, 0.2) is 45.6 Å². The van der Waals surface area contributed by atoms with Gasteiger partial charge in [0.05, 0.1) is 0 Å². The maximum Gasteiger partial charge on any atom is 0.349 e. The zero-order chi connectivity index (χ0) is 17.4. The van der Waals surface area contributed by atoms with Crippen LogP contribution in [-0.2, 0) is 0 Å². The quantitative estimate of drug-likeness (QED) is 0.717. The van der Waals surface area contributed by atoms with Crippen molar-refractivity contribution in [2.75, 3.05) is 5.32 Å². The second kappa shape index (κ2) is 5.96. The Balaban J connectivity index is 2.04. The summed E-state index contributed by atoms with van der Waals surface area (Å²) in [6.07, 6.45) is 0. The van der Waals surface area contributed by atoms with Gasteiger partial charge in [0.1, 0.15) is 11.1 Å². The monoisotopic (exact) mass is 321 g/mol. The molecule has 0 aliphatic rings. The summed E-state index contributed by atoms with van der Waals surface area (Å²) < 4.78 is 5.35. The number of amides is 1. The molecular formula is C20H19NO3. The molecule has 4 heteroatoms. The number of hydrogen-bond donors (Lipinski definition) is 1. The summed E-state index contributed by atoms with van der Waals surface area (Å²) in [5.74, 6) is -0.456. The molecule has 1 aromatic heterocycles. The summed E-state index contributed by atoms with van der Waals surface area (Å²) in [4.78, 5) is 24.8. The molecule has 24 heavy (non-hydrogen) atoms. The molecule has 3 aromatic rings. The molecule has 0 atom stereocenters. The molecule has 0 radical (unpaired) electrons. The summed E-state index contributed by atoms with van der Waals surface area (Å²) >= 11 is 0. The first-order valence-electron chi connectivity index (χ1n) is 7.79. The van der Waals surface area contributed by atoms with E-state index in [9.17, 15) is 9.59 Å². The van der Waals surface area contributed by atoms with Gasteiger partial charge in [-0.1, -0.05) is 35.9 Å². The lowest BCUT2D eigenvalue weighted by molar-refractivity contribution is 0.102. The molecule has 0 unspecified atom stereocenters. The average Bonchev–Trinajstić information content (AvgIpc) is 2.51. The van der Waals surface area contributed by atoms with E-state index in [2.05, 4.69) is 5.32 Å². The Morgan fingerprint density at radius 3 is 2.29 bits per heavy atom. The third-order valence-electron chi connectivity index (χ3n) is 4.12. The smallest absolute Gasteiger partial charge is 0.349 e. The van der Waals surface area contributed by atoms with Crippen LogP contribution in [0.25, 0.3) is 11.0 Å². The molecule has 122 valence electrons. The molecule has 0 saturated carbocycles. The SMILES string of the molecule is Cc1cc(C)c(NC(=O)c2cc3cccc(C)c3oc2=O)c(C)c1. The largest absolute Gasteiger partial charge is 0.422 e. The molecular weight excluding hydrogens is 302 g/mol. The highest BCUT2D eigenvalue weighted by molar-refractivity contribution is 6.06. The van der Waals surface area contributed by atoms with Gasteiger partial charge in [0.15, 0.2) is 0 Å². The van der Waals surface area contributed by atoms with E-state index in [0.717, 1.165) is 33.3 Å². The normalized spacial score (nSPS) is 10.8. The number of aryl methyl sites for hydroxylation is 4. The van der Waals surface area contributed by atoms with Crippen molar-refractivity contribution < 1.29 is 9.21 Å². The number of rotatable bonds is 2. The predicted molar refractivity (Wildman–Crippen MR) is 95.8 cm³/mol. The van der Waals surface area contributed by atoms with Gasteiger partial charge < -0.3 is 9.73 Å². The highest BCUT2D eigenvalue weighted by Gasteiger charge is 2.16. The van der Waals surface area contributed by atoms with Crippen LogP contribution in [0.2, 0.25) is 0 Å².